The first-order valence-electron chi connectivity index (χ1n) is 6.65. The van der Waals surface area contributed by atoms with Crippen LogP contribution in [-0.4, -0.2) is 17.9 Å². The van der Waals surface area contributed by atoms with Crippen LogP contribution in [0.2, 0.25) is 10.0 Å². The van der Waals surface area contributed by atoms with E-state index in [0.29, 0.717) is 17.1 Å². The van der Waals surface area contributed by atoms with E-state index in [4.69, 9.17) is 28.9 Å². The normalized spacial score (nSPS) is 16.5. The number of nitrogens with zero attached hydrogens (tertiary/aromatic N) is 1. The third-order valence-corrected chi connectivity index (χ3v) is 4.25. The van der Waals surface area contributed by atoms with E-state index in [-0.39, 0.29) is 16.5 Å². The van der Waals surface area contributed by atoms with E-state index in [1.807, 2.05) is 18.2 Å². The summed E-state index contributed by atoms with van der Waals surface area (Å²) in [5.41, 5.74) is 7.28. The number of benzene rings is 2. The average Bonchev–Trinajstić information content (AvgIpc) is 2.88. The van der Waals surface area contributed by atoms with Crippen molar-refractivity contribution in [2.45, 2.75) is 12.5 Å². The molecule has 1 heterocycles. The molecule has 0 saturated carbocycles. The van der Waals surface area contributed by atoms with Crippen molar-refractivity contribution in [2.75, 3.05) is 4.90 Å². The van der Waals surface area contributed by atoms with Gasteiger partial charge in [-0.25, -0.2) is 0 Å². The van der Waals surface area contributed by atoms with Gasteiger partial charge in [0.2, 0.25) is 5.91 Å². The first-order chi connectivity index (χ1) is 10.5. The van der Waals surface area contributed by atoms with Gasteiger partial charge in [0.1, 0.15) is 6.04 Å². The number of hydrogen-bond acceptors (Lipinski definition) is 2. The molecule has 6 heteroatoms. The van der Waals surface area contributed by atoms with Gasteiger partial charge >= 0.3 is 0 Å². The Morgan fingerprint density at radius 3 is 2.59 bits per heavy atom. The smallest absolute Gasteiger partial charge is 0.260 e. The monoisotopic (exact) mass is 334 g/mol. The summed E-state index contributed by atoms with van der Waals surface area (Å²) in [6, 6.07) is 11.2. The van der Waals surface area contributed by atoms with E-state index in [9.17, 15) is 9.59 Å². The third kappa shape index (κ3) is 2.45. The van der Waals surface area contributed by atoms with Crippen LogP contribution in [-0.2, 0) is 11.2 Å². The number of carbonyl (C=O) groups excluding carboxylic acids is 2. The minimum atomic E-state index is -0.722. The second-order valence-corrected chi connectivity index (χ2v) is 5.89. The molecule has 4 nitrogen and oxygen atoms in total. The maximum absolute atomic E-state index is 12.9. The Morgan fingerprint density at radius 2 is 1.86 bits per heavy atom. The molecule has 0 bridgehead atoms. The van der Waals surface area contributed by atoms with Gasteiger partial charge in [-0.05, 0) is 29.8 Å². The Hall–Kier alpha value is -2.04. The molecule has 3 rings (SSSR count). The van der Waals surface area contributed by atoms with Gasteiger partial charge in [-0.15, -0.1) is 0 Å². The fourth-order valence-electron chi connectivity index (χ4n) is 2.66. The Labute approximate surface area is 137 Å². The average molecular weight is 335 g/mol. The van der Waals surface area contributed by atoms with Crippen molar-refractivity contribution in [2.24, 2.45) is 5.73 Å². The van der Waals surface area contributed by atoms with Gasteiger partial charge < -0.3 is 5.73 Å². The number of hydrogen-bond donors (Lipinski definition) is 1. The highest BCUT2D eigenvalue weighted by atomic mass is 35.5. The van der Waals surface area contributed by atoms with E-state index in [1.54, 1.807) is 18.2 Å². The lowest BCUT2D eigenvalue weighted by molar-refractivity contribution is -0.119. The Bertz CT molecular complexity index is 776. The van der Waals surface area contributed by atoms with Gasteiger partial charge in [-0.3, -0.25) is 14.5 Å². The largest absolute Gasteiger partial charge is 0.368 e. The molecule has 2 N–H and O–H groups in total. The van der Waals surface area contributed by atoms with Crippen LogP contribution in [0.15, 0.2) is 42.5 Å². The van der Waals surface area contributed by atoms with Gasteiger partial charge in [0.15, 0.2) is 0 Å². The van der Waals surface area contributed by atoms with Crippen molar-refractivity contribution >= 4 is 40.7 Å². The molecule has 2 amide bonds. The van der Waals surface area contributed by atoms with Crippen molar-refractivity contribution in [1.82, 2.24) is 0 Å². The molecular formula is C16H12Cl2N2O2. The number of para-hydroxylation sites is 1. The van der Waals surface area contributed by atoms with Crippen molar-refractivity contribution in [1.29, 1.82) is 0 Å². The molecule has 0 radical (unpaired) electrons. The lowest BCUT2D eigenvalue weighted by atomic mass is 10.1. The number of amides is 2. The Balaban J connectivity index is 2.09. The van der Waals surface area contributed by atoms with Gasteiger partial charge in [0.05, 0.1) is 10.6 Å². The molecule has 112 valence electrons. The second-order valence-electron chi connectivity index (χ2n) is 5.05. The minimum absolute atomic E-state index is 0.247. The molecule has 0 aliphatic carbocycles. The van der Waals surface area contributed by atoms with E-state index >= 15 is 0 Å². The molecule has 0 fully saturated rings. The topological polar surface area (TPSA) is 63.4 Å². The van der Waals surface area contributed by atoms with E-state index in [0.717, 1.165) is 5.56 Å². The predicted octanol–water partition coefficient (Wildman–Crippen LogP) is 3.05. The van der Waals surface area contributed by atoms with Gasteiger partial charge in [0.25, 0.3) is 5.91 Å². The molecular weight excluding hydrogens is 323 g/mol. The van der Waals surface area contributed by atoms with E-state index in [1.165, 1.54) is 11.0 Å². The lowest BCUT2D eigenvalue weighted by Gasteiger charge is -2.24. The minimum Gasteiger partial charge on any atom is -0.368 e. The fourth-order valence-corrected chi connectivity index (χ4v) is 3.03. The number of anilines is 1. The first kappa shape index (κ1) is 14.9. The van der Waals surface area contributed by atoms with E-state index < -0.39 is 11.9 Å². The Morgan fingerprint density at radius 1 is 1.14 bits per heavy atom. The first-order valence-corrected chi connectivity index (χ1v) is 7.40. The number of primary amides is 1. The van der Waals surface area contributed by atoms with Crippen LogP contribution < -0.4 is 10.6 Å². The Kier molecular flexibility index (Phi) is 3.81. The molecule has 2 aromatic carbocycles. The van der Waals surface area contributed by atoms with Crippen LogP contribution in [0.5, 0.6) is 0 Å². The summed E-state index contributed by atoms with van der Waals surface area (Å²) in [6.45, 7) is 0. The number of rotatable bonds is 2. The molecule has 1 atom stereocenters. The highest BCUT2D eigenvalue weighted by Crippen LogP contribution is 2.34. The van der Waals surface area contributed by atoms with Crippen molar-refractivity contribution in [3.05, 3.63) is 63.6 Å². The molecule has 0 spiro atoms. The van der Waals surface area contributed by atoms with Crippen LogP contribution in [0, 0.1) is 0 Å². The summed E-state index contributed by atoms with van der Waals surface area (Å²) in [5, 5.41) is 0.679. The lowest BCUT2D eigenvalue weighted by Crippen LogP contribution is -2.46. The number of carbonyl (C=O) groups is 2. The molecule has 22 heavy (non-hydrogen) atoms. The fraction of sp³-hybridized carbons (Fsp3) is 0.125. The third-order valence-electron chi connectivity index (χ3n) is 3.68. The standard InChI is InChI=1S/C16H12Cl2N2O2/c17-10-5-6-12(18)11(8-10)16(22)20-13-4-2-1-3-9(13)7-14(20)15(19)21/h1-6,8,14H,7H2,(H2,19,21)/t14-/m0/s1. The van der Waals surface area contributed by atoms with Crippen LogP contribution in [0.1, 0.15) is 15.9 Å². The van der Waals surface area contributed by atoms with E-state index in [2.05, 4.69) is 0 Å². The molecule has 1 aliphatic rings. The summed E-state index contributed by atoms with van der Waals surface area (Å²) in [6.07, 6.45) is 0.398. The molecule has 0 saturated heterocycles. The SMILES string of the molecule is NC(=O)[C@@H]1Cc2ccccc2N1C(=O)c1cc(Cl)ccc1Cl. The van der Waals surface area contributed by atoms with Crippen LogP contribution in [0.3, 0.4) is 0 Å². The molecule has 2 aromatic rings. The summed E-state index contributed by atoms with van der Waals surface area (Å²) in [7, 11) is 0. The van der Waals surface area contributed by atoms with Gasteiger partial charge in [-0.2, -0.15) is 0 Å². The zero-order chi connectivity index (χ0) is 15.9. The van der Waals surface area contributed by atoms with Gasteiger partial charge in [-0.1, -0.05) is 41.4 Å². The summed E-state index contributed by atoms with van der Waals surface area (Å²) < 4.78 is 0. The number of halogens is 2. The maximum atomic E-state index is 12.9. The molecule has 0 unspecified atom stereocenters. The quantitative estimate of drug-likeness (QED) is 0.917. The molecule has 0 aromatic heterocycles. The molecule has 1 aliphatic heterocycles. The predicted molar refractivity (Wildman–Crippen MR) is 86.4 cm³/mol. The maximum Gasteiger partial charge on any atom is 0.260 e. The summed E-state index contributed by atoms with van der Waals surface area (Å²) >= 11 is 12.0. The summed E-state index contributed by atoms with van der Waals surface area (Å²) in [4.78, 5) is 26.0. The van der Waals surface area contributed by atoms with Crippen LogP contribution in [0.4, 0.5) is 5.69 Å². The van der Waals surface area contributed by atoms with Crippen molar-refractivity contribution in [3.8, 4) is 0 Å². The van der Waals surface area contributed by atoms with Crippen molar-refractivity contribution in [3.63, 3.8) is 0 Å². The summed E-state index contributed by atoms with van der Waals surface area (Å²) in [5.74, 6) is -0.941. The highest BCUT2D eigenvalue weighted by molar-refractivity contribution is 6.36. The van der Waals surface area contributed by atoms with Crippen LogP contribution in [0.25, 0.3) is 0 Å². The zero-order valence-electron chi connectivity index (χ0n) is 11.4. The number of nitrogens with two attached hydrogens (primary N) is 1. The second kappa shape index (κ2) is 5.63. The highest BCUT2D eigenvalue weighted by Gasteiger charge is 2.38. The number of fused-ring (bicyclic) bond motifs is 1. The zero-order valence-corrected chi connectivity index (χ0v) is 12.9. The van der Waals surface area contributed by atoms with Crippen LogP contribution >= 0.6 is 23.2 Å². The van der Waals surface area contributed by atoms with Crippen molar-refractivity contribution < 1.29 is 9.59 Å². The van der Waals surface area contributed by atoms with Gasteiger partial charge in [0, 0.05) is 17.1 Å².